The van der Waals surface area contributed by atoms with Gasteiger partial charge in [-0.3, -0.25) is 14.4 Å². The molecule has 4 aromatic carbocycles. The summed E-state index contributed by atoms with van der Waals surface area (Å²) in [4.78, 5) is 52.3. The van der Waals surface area contributed by atoms with E-state index in [0.717, 1.165) is 83.7 Å². The van der Waals surface area contributed by atoms with Gasteiger partial charge in [0.05, 0.1) is 14.2 Å². The predicted octanol–water partition coefficient (Wildman–Crippen LogP) is 12.4. The molecular formula is C58H82N4O7. The fourth-order valence-electron chi connectivity index (χ4n) is 9.10. The second-order valence-electron chi connectivity index (χ2n) is 22.9. The Morgan fingerprint density at radius 2 is 0.826 bits per heavy atom. The van der Waals surface area contributed by atoms with Crippen LogP contribution in [0, 0.1) is 0 Å². The highest BCUT2D eigenvalue weighted by molar-refractivity contribution is 6.04. The Morgan fingerprint density at radius 3 is 1.12 bits per heavy atom. The monoisotopic (exact) mass is 947 g/mol. The van der Waals surface area contributed by atoms with Gasteiger partial charge >= 0.3 is 5.97 Å². The lowest BCUT2D eigenvalue weighted by atomic mass is 9.77. The van der Waals surface area contributed by atoms with E-state index in [2.05, 4.69) is 99.0 Å². The molecule has 0 bridgehead atoms. The molecule has 0 aromatic heterocycles. The van der Waals surface area contributed by atoms with Crippen molar-refractivity contribution in [1.29, 1.82) is 0 Å². The Bertz CT molecular complexity index is 2300. The number of carbonyl (C=O) groups excluding carboxylic acids is 3. The third-order valence-corrected chi connectivity index (χ3v) is 13.1. The van der Waals surface area contributed by atoms with Crippen LogP contribution in [0.5, 0.6) is 11.5 Å². The smallest absolute Gasteiger partial charge is 0.329 e. The summed E-state index contributed by atoms with van der Waals surface area (Å²) >= 11 is 0. The van der Waals surface area contributed by atoms with Crippen LogP contribution in [0.1, 0.15) is 190 Å². The molecule has 11 heteroatoms. The number of nitrogen functional groups attached to an aromatic ring is 1. The highest BCUT2D eigenvalue weighted by Gasteiger charge is 2.43. The Hall–Kier alpha value is -5.84. The van der Waals surface area contributed by atoms with E-state index in [0.29, 0.717) is 36.8 Å². The maximum absolute atomic E-state index is 13.7. The van der Waals surface area contributed by atoms with Gasteiger partial charge in [-0.25, -0.2) is 4.79 Å². The van der Waals surface area contributed by atoms with Crippen molar-refractivity contribution in [3.05, 3.63) is 118 Å². The molecule has 0 spiro atoms. The Kier molecular flexibility index (Phi) is 18.4. The van der Waals surface area contributed by atoms with E-state index in [9.17, 15) is 24.3 Å². The lowest BCUT2D eigenvalue weighted by Crippen LogP contribution is -2.57. The first-order valence-corrected chi connectivity index (χ1v) is 24.6. The van der Waals surface area contributed by atoms with Crippen molar-refractivity contribution in [2.24, 2.45) is 0 Å². The van der Waals surface area contributed by atoms with Gasteiger partial charge in [-0.15, -0.1) is 0 Å². The summed E-state index contributed by atoms with van der Waals surface area (Å²) in [7, 11) is 3.34. The Morgan fingerprint density at radius 1 is 0.507 bits per heavy atom. The molecule has 11 nitrogen and oxygen atoms in total. The summed E-state index contributed by atoms with van der Waals surface area (Å²) in [5, 5.41) is 18.9. The quantitative estimate of drug-likeness (QED) is 0.103. The number of hydrogen-bond donors (Lipinski definition) is 5. The number of carboxylic acid groups (broad SMARTS) is 1. The maximum Gasteiger partial charge on any atom is 0.329 e. The molecule has 2 aliphatic carbocycles. The number of nitrogens with one attached hydrogen (secondary N) is 3. The number of rotatable bonds is 9. The van der Waals surface area contributed by atoms with Gasteiger partial charge in [0.25, 0.3) is 11.8 Å². The van der Waals surface area contributed by atoms with Gasteiger partial charge in [-0.1, -0.05) is 158 Å². The zero-order valence-electron chi connectivity index (χ0n) is 44.1. The van der Waals surface area contributed by atoms with Crippen molar-refractivity contribution in [2.45, 2.75) is 180 Å². The number of amides is 3. The third kappa shape index (κ3) is 14.6. The standard InChI is InChI=1S/C29H40N2O3.C23H35NO4.C6H7N/c1-27(2,3)22-18-20(19-23(24(22)34-7)28(4,5)6)25(32)31-29(16-12-9-13-17-29)26(33)30-21-14-10-8-11-15-21;1-21(2,3)16-13-15(14-17(18(16)28-7)22(4,5)6)19(25)24-23(20(26)27)11-9-8-10-12-23;7-6-4-2-1-3-5-6/h8,10-11,14-15,18-19H,9,12-13,16-17H2,1-7H3,(H,30,33)(H,31,32);13-14H,8-12H2,1-7H3,(H,24,25)(H,26,27);1-5H,7H2. The van der Waals surface area contributed by atoms with Gasteiger partial charge in [0.2, 0.25) is 5.91 Å². The van der Waals surface area contributed by atoms with Gasteiger partial charge in [0, 0.05) is 44.8 Å². The van der Waals surface area contributed by atoms with Gasteiger partial charge in [-0.05, 0) is 95.9 Å². The highest BCUT2D eigenvalue weighted by atomic mass is 16.5. The number of aliphatic carboxylic acids is 1. The van der Waals surface area contributed by atoms with Crippen LogP contribution < -0.4 is 31.2 Å². The van der Waals surface area contributed by atoms with Crippen molar-refractivity contribution in [3.8, 4) is 11.5 Å². The Labute approximate surface area is 413 Å². The van der Waals surface area contributed by atoms with E-state index < -0.39 is 17.0 Å². The van der Waals surface area contributed by atoms with Crippen LogP contribution >= 0.6 is 0 Å². The molecule has 2 fully saturated rings. The number of hydrogen-bond acceptors (Lipinski definition) is 7. The molecule has 0 heterocycles. The summed E-state index contributed by atoms with van der Waals surface area (Å²) in [5.41, 5.74) is 8.86. The predicted molar refractivity (Wildman–Crippen MR) is 281 cm³/mol. The van der Waals surface area contributed by atoms with Crippen molar-refractivity contribution >= 4 is 35.1 Å². The molecule has 0 aliphatic heterocycles. The minimum Gasteiger partial charge on any atom is -0.496 e. The second-order valence-corrected chi connectivity index (χ2v) is 22.9. The van der Waals surface area contributed by atoms with Crippen LogP contribution in [0.15, 0.2) is 84.9 Å². The molecule has 376 valence electrons. The van der Waals surface area contributed by atoms with Gasteiger partial charge in [-0.2, -0.15) is 0 Å². The minimum atomic E-state index is -1.17. The lowest BCUT2D eigenvalue weighted by molar-refractivity contribution is -0.146. The topological polar surface area (TPSA) is 169 Å². The molecule has 0 saturated heterocycles. The van der Waals surface area contributed by atoms with Crippen LogP contribution in [0.3, 0.4) is 0 Å². The number of ether oxygens (including phenoxy) is 2. The molecular weight excluding hydrogens is 865 g/mol. The molecule has 0 radical (unpaired) electrons. The van der Waals surface area contributed by atoms with Crippen molar-refractivity contribution < 1.29 is 33.8 Å². The van der Waals surface area contributed by atoms with E-state index in [1.807, 2.05) is 84.9 Å². The molecule has 2 aliphatic rings. The van der Waals surface area contributed by atoms with Gasteiger partial charge in [0.1, 0.15) is 22.6 Å². The van der Waals surface area contributed by atoms with Gasteiger partial charge in [0.15, 0.2) is 0 Å². The lowest BCUT2D eigenvalue weighted by Gasteiger charge is -2.37. The van der Waals surface area contributed by atoms with Crippen molar-refractivity contribution in [1.82, 2.24) is 10.6 Å². The van der Waals surface area contributed by atoms with Crippen LogP contribution in [0.4, 0.5) is 11.4 Å². The maximum atomic E-state index is 13.7. The number of para-hydroxylation sites is 2. The molecule has 69 heavy (non-hydrogen) atoms. The molecule has 4 aromatic rings. The largest absolute Gasteiger partial charge is 0.496 e. The van der Waals surface area contributed by atoms with Crippen molar-refractivity contribution in [2.75, 3.05) is 25.3 Å². The first-order chi connectivity index (χ1) is 32.1. The second kappa shape index (κ2) is 22.7. The third-order valence-electron chi connectivity index (χ3n) is 13.1. The first-order valence-electron chi connectivity index (χ1n) is 24.6. The van der Waals surface area contributed by atoms with Gasteiger partial charge < -0.3 is 36.3 Å². The number of methoxy groups -OCH3 is 2. The average molecular weight is 947 g/mol. The van der Waals surface area contributed by atoms with E-state index >= 15 is 0 Å². The summed E-state index contributed by atoms with van der Waals surface area (Å²) < 4.78 is 11.6. The number of carbonyl (C=O) groups is 4. The van der Waals surface area contributed by atoms with Crippen LogP contribution in [0.25, 0.3) is 0 Å². The fourth-order valence-corrected chi connectivity index (χ4v) is 9.10. The molecule has 6 rings (SSSR count). The zero-order chi connectivity index (χ0) is 51.6. The van der Waals surface area contributed by atoms with Crippen LogP contribution in [0.2, 0.25) is 0 Å². The summed E-state index contributed by atoms with van der Waals surface area (Å²) in [6, 6.07) is 26.5. The average Bonchev–Trinajstić information content (AvgIpc) is 3.28. The molecule has 0 atom stereocenters. The van der Waals surface area contributed by atoms with Crippen molar-refractivity contribution in [3.63, 3.8) is 0 Å². The number of anilines is 2. The normalized spacial score (nSPS) is 15.7. The summed E-state index contributed by atoms with van der Waals surface area (Å²) in [6.45, 7) is 25.2. The number of carboxylic acids is 1. The number of benzene rings is 4. The Balaban J connectivity index is 0.000000266. The first kappa shape index (κ1) is 55.8. The SMILES string of the molecule is COc1c(C(C)(C)C)cc(C(=O)NC2(C(=O)Nc3ccccc3)CCCCC2)cc1C(C)(C)C.COc1c(C(C)(C)C)cc(C(=O)NC2(C(=O)O)CCCCC2)cc1C(C)(C)C.Nc1ccccc1. The van der Waals surface area contributed by atoms with Crippen LogP contribution in [-0.4, -0.2) is 54.1 Å². The summed E-state index contributed by atoms with van der Waals surface area (Å²) in [6.07, 6.45) is 7.74. The minimum absolute atomic E-state index is 0.146. The molecule has 2 saturated carbocycles. The van der Waals surface area contributed by atoms with E-state index in [-0.39, 0.29) is 39.4 Å². The molecule has 0 unspecified atom stereocenters. The van der Waals surface area contributed by atoms with E-state index in [1.54, 1.807) is 14.2 Å². The molecule has 6 N–H and O–H groups in total. The highest BCUT2D eigenvalue weighted by Crippen LogP contribution is 2.43. The van der Waals surface area contributed by atoms with E-state index in [4.69, 9.17) is 15.2 Å². The molecule has 3 amide bonds. The zero-order valence-corrected chi connectivity index (χ0v) is 44.1. The summed E-state index contributed by atoms with van der Waals surface area (Å²) in [5.74, 6) is -0.0202. The number of nitrogens with two attached hydrogens (primary N) is 1. The fraction of sp³-hybridized carbons (Fsp3) is 0.517. The van der Waals surface area contributed by atoms with E-state index in [1.165, 1.54) is 0 Å². The van der Waals surface area contributed by atoms with Crippen LogP contribution in [-0.2, 0) is 31.2 Å².